The lowest BCUT2D eigenvalue weighted by Gasteiger charge is -2.40. The maximum atomic E-state index is 6.31. The third-order valence-electron chi connectivity index (χ3n) is 4.70. The summed E-state index contributed by atoms with van der Waals surface area (Å²) in [7, 11) is 0. The lowest BCUT2D eigenvalue weighted by atomic mass is 9.98. The van der Waals surface area contributed by atoms with Gasteiger partial charge >= 0.3 is 0 Å². The molecule has 27 heavy (non-hydrogen) atoms. The van der Waals surface area contributed by atoms with Gasteiger partial charge in [-0.05, 0) is 56.7 Å². The van der Waals surface area contributed by atoms with Crippen molar-refractivity contribution in [2.45, 2.75) is 38.6 Å². The maximum absolute atomic E-state index is 6.31. The Balaban J connectivity index is 1.59. The van der Waals surface area contributed by atoms with E-state index < -0.39 is 5.79 Å². The minimum Gasteiger partial charge on any atom is -0.457 e. The van der Waals surface area contributed by atoms with Gasteiger partial charge < -0.3 is 19.2 Å². The number of aryl methyl sites for hydroxylation is 1. The zero-order valence-electron chi connectivity index (χ0n) is 15.6. The number of ether oxygens (including phenoxy) is 3. The van der Waals surface area contributed by atoms with Crippen LogP contribution in [0.4, 0.5) is 0 Å². The fourth-order valence-electron chi connectivity index (χ4n) is 3.35. The first-order valence-corrected chi connectivity index (χ1v) is 9.29. The summed E-state index contributed by atoms with van der Waals surface area (Å²) in [4.78, 5) is 7.67. The maximum Gasteiger partial charge on any atom is 0.200 e. The van der Waals surface area contributed by atoms with Crippen molar-refractivity contribution in [3.05, 3.63) is 77.9 Å². The third kappa shape index (κ3) is 4.04. The second-order valence-electron chi connectivity index (χ2n) is 6.91. The number of nitrogens with one attached hydrogen (secondary N) is 1. The molecule has 140 valence electrons. The second kappa shape index (κ2) is 7.55. The number of para-hydroxylation sites is 1. The molecule has 1 aliphatic rings. The summed E-state index contributed by atoms with van der Waals surface area (Å²) >= 11 is 0. The van der Waals surface area contributed by atoms with Crippen LogP contribution in [0.2, 0.25) is 0 Å². The molecule has 0 bridgehead atoms. The normalized spacial score (nSPS) is 22.5. The molecule has 0 amide bonds. The second-order valence-corrected chi connectivity index (χ2v) is 6.91. The van der Waals surface area contributed by atoms with Crippen LogP contribution in [-0.4, -0.2) is 22.7 Å². The van der Waals surface area contributed by atoms with Crippen LogP contribution >= 0.6 is 0 Å². The Morgan fingerprint density at radius 2 is 1.85 bits per heavy atom. The van der Waals surface area contributed by atoms with Crippen molar-refractivity contribution in [1.29, 1.82) is 0 Å². The Hall–Kier alpha value is -2.63. The van der Waals surface area contributed by atoms with Gasteiger partial charge in [-0.1, -0.05) is 18.2 Å². The van der Waals surface area contributed by atoms with E-state index in [1.165, 1.54) is 0 Å². The van der Waals surface area contributed by atoms with Gasteiger partial charge in [-0.25, -0.2) is 4.98 Å². The van der Waals surface area contributed by atoms with E-state index in [0.717, 1.165) is 35.0 Å². The number of aromatic nitrogens is 2. The molecule has 5 nitrogen and oxygen atoms in total. The molecule has 4 rings (SSSR count). The molecule has 1 N–H and O–H groups in total. The predicted octanol–water partition coefficient (Wildman–Crippen LogP) is 4.73. The van der Waals surface area contributed by atoms with Gasteiger partial charge in [0.05, 0.1) is 24.8 Å². The largest absolute Gasteiger partial charge is 0.457 e. The minimum atomic E-state index is -0.829. The molecule has 0 saturated carbocycles. The highest BCUT2D eigenvalue weighted by Crippen LogP contribution is 2.37. The van der Waals surface area contributed by atoms with Gasteiger partial charge in [-0.15, -0.1) is 0 Å². The first kappa shape index (κ1) is 17.8. The Bertz CT molecular complexity index is 876. The molecular formula is C22H24N2O3. The van der Waals surface area contributed by atoms with E-state index in [1.54, 1.807) is 0 Å². The topological polar surface area (TPSA) is 56.4 Å². The number of H-pyrrole nitrogens is 1. The van der Waals surface area contributed by atoms with Gasteiger partial charge in [0.1, 0.15) is 17.3 Å². The third-order valence-corrected chi connectivity index (χ3v) is 4.70. The Morgan fingerprint density at radius 3 is 2.52 bits per heavy atom. The van der Waals surface area contributed by atoms with Gasteiger partial charge in [0, 0.05) is 11.8 Å². The zero-order valence-corrected chi connectivity index (χ0v) is 15.6. The van der Waals surface area contributed by atoms with Gasteiger partial charge in [0.15, 0.2) is 0 Å². The summed E-state index contributed by atoms with van der Waals surface area (Å²) in [6.45, 7) is 4.68. The van der Waals surface area contributed by atoms with Crippen molar-refractivity contribution in [2.24, 2.45) is 0 Å². The molecule has 2 unspecified atom stereocenters. The average molecular weight is 364 g/mol. The van der Waals surface area contributed by atoms with Crippen LogP contribution in [0.5, 0.6) is 11.5 Å². The van der Waals surface area contributed by atoms with Gasteiger partial charge in [-0.2, -0.15) is 0 Å². The molecule has 3 aromatic rings. The van der Waals surface area contributed by atoms with Crippen LogP contribution in [0.25, 0.3) is 0 Å². The number of hydrogen-bond donors (Lipinski definition) is 1. The lowest BCUT2D eigenvalue weighted by Crippen LogP contribution is -2.43. The van der Waals surface area contributed by atoms with Crippen molar-refractivity contribution >= 4 is 0 Å². The van der Waals surface area contributed by atoms with Crippen LogP contribution in [0.3, 0.4) is 0 Å². The first-order valence-electron chi connectivity index (χ1n) is 9.29. The fraction of sp³-hybridized carbons (Fsp3) is 0.318. The number of aromatic amines is 1. The summed E-state index contributed by atoms with van der Waals surface area (Å²) in [5, 5.41) is 0. The molecule has 0 spiro atoms. The van der Waals surface area contributed by atoms with Gasteiger partial charge in [0.25, 0.3) is 0 Å². The molecule has 1 aliphatic heterocycles. The number of benzene rings is 2. The van der Waals surface area contributed by atoms with Crippen LogP contribution in [0, 0.1) is 6.92 Å². The van der Waals surface area contributed by atoms with Gasteiger partial charge in [-0.3, -0.25) is 0 Å². The quantitative estimate of drug-likeness (QED) is 0.711. The fourth-order valence-corrected chi connectivity index (χ4v) is 3.35. The van der Waals surface area contributed by atoms with Crippen LogP contribution < -0.4 is 4.74 Å². The molecule has 2 aromatic carbocycles. The highest BCUT2D eigenvalue weighted by Gasteiger charge is 2.40. The number of nitrogens with zero attached hydrogens (tertiary/aromatic N) is 1. The molecule has 1 aromatic heterocycles. The van der Waals surface area contributed by atoms with Crippen molar-refractivity contribution in [2.75, 3.05) is 6.61 Å². The van der Waals surface area contributed by atoms with Gasteiger partial charge in [0.2, 0.25) is 5.79 Å². The van der Waals surface area contributed by atoms with E-state index in [4.69, 9.17) is 14.2 Å². The van der Waals surface area contributed by atoms with E-state index in [9.17, 15) is 0 Å². The monoisotopic (exact) mass is 364 g/mol. The van der Waals surface area contributed by atoms with Crippen molar-refractivity contribution in [1.82, 2.24) is 9.97 Å². The number of hydrogen-bond acceptors (Lipinski definition) is 4. The summed E-state index contributed by atoms with van der Waals surface area (Å²) in [6, 6.07) is 17.7. The van der Waals surface area contributed by atoms with Crippen molar-refractivity contribution < 1.29 is 14.2 Å². The summed E-state index contributed by atoms with van der Waals surface area (Å²) in [5.41, 5.74) is 1.89. The molecule has 2 heterocycles. The SMILES string of the molecule is Cc1nc(CC2(c3ccc(Oc4ccccc4)cc3)OCCC(C)O2)c[nH]1. The smallest absolute Gasteiger partial charge is 0.200 e. The van der Waals surface area contributed by atoms with E-state index in [2.05, 4.69) is 16.9 Å². The zero-order chi connectivity index (χ0) is 18.7. The molecule has 5 heteroatoms. The van der Waals surface area contributed by atoms with Crippen molar-refractivity contribution in [3.63, 3.8) is 0 Å². The van der Waals surface area contributed by atoms with E-state index in [1.807, 2.05) is 67.7 Å². The summed E-state index contributed by atoms with van der Waals surface area (Å²) < 4.78 is 18.4. The molecular weight excluding hydrogens is 340 g/mol. The van der Waals surface area contributed by atoms with E-state index in [0.29, 0.717) is 13.0 Å². The predicted molar refractivity (Wildman–Crippen MR) is 103 cm³/mol. The van der Waals surface area contributed by atoms with Crippen molar-refractivity contribution in [3.8, 4) is 11.5 Å². The van der Waals surface area contributed by atoms with E-state index >= 15 is 0 Å². The number of rotatable bonds is 5. The van der Waals surface area contributed by atoms with Crippen LogP contribution in [-0.2, 0) is 21.7 Å². The highest BCUT2D eigenvalue weighted by atomic mass is 16.7. The molecule has 0 radical (unpaired) electrons. The summed E-state index contributed by atoms with van der Waals surface area (Å²) in [6.07, 6.45) is 3.48. The first-order chi connectivity index (χ1) is 13.1. The Kier molecular flexibility index (Phi) is 4.97. The van der Waals surface area contributed by atoms with E-state index in [-0.39, 0.29) is 6.10 Å². The van der Waals surface area contributed by atoms with Crippen LogP contribution in [0.15, 0.2) is 60.8 Å². The van der Waals surface area contributed by atoms with Crippen LogP contribution in [0.1, 0.15) is 30.4 Å². The highest BCUT2D eigenvalue weighted by molar-refractivity contribution is 5.35. The molecule has 1 fully saturated rings. The summed E-state index contributed by atoms with van der Waals surface area (Å²) in [5.74, 6) is 1.64. The standard InChI is InChI=1S/C22H24N2O3/c1-16-12-13-25-22(27-16,14-19-15-23-17(2)24-19)18-8-10-21(11-9-18)26-20-6-4-3-5-7-20/h3-11,15-16H,12-14H2,1-2H3,(H,23,24). The average Bonchev–Trinajstić information content (AvgIpc) is 3.07. The molecule has 1 saturated heterocycles. The Labute approximate surface area is 159 Å². The number of imidazole rings is 1. The molecule has 0 aliphatic carbocycles. The lowest BCUT2D eigenvalue weighted by molar-refractivity contribution is -0.299. The molecule has 2 atom stereocenters. The Morgan fingerprint density at radius 1 is 1.11 bits per heavy atom. The minimum absolute atomic E-state index is 0.124.